The van der Waals surface area contributed by atoms with E-state index < -0.39 is 0 Å². The number of anilines is 1. The van der Waals surface area contributed by atoms with Crippen molar-refractivity contribution in [1.29, 1.82) is 0 Å². The first-order valence-corrected chi connectivity index (χ1v) is 9.72. The number of ether oxygens (including phenoxy) is 1. The first-order chi connectivity index (χ1) is 13.2. The molecule has 1 aliphatic heterocycles. The molecule has 0 amide bonds. The maximum atomic E-state index is 11.8. The number of aliphatic hydroxyl groups is 1. The van der Waals surface area contributed by atoms with Crippen molar-refractivity contribution in [2.24, 2.45) is 11.8 Å². The minimum Gasteiger partial charge on any atom is -0.462 e. The summed E-state index contributed by atoms with van der Waals surface area (Å²) in [4.78, 5) is 19.1. The summed E-state index contributed by atoms with van der Waals surface area (Å²) < 4.78 is 6.75. The standard InChI is InChI=1S/C20H26N4O3/c1-2-27-20(26)17-9-21-24(13-17)12-14-5-6-19(22-18(14)4-3-7-25)23-10-15-8-16(15)11-23/h5-6,9,13,15-16,25H,2-4,7-8,10-12H2,1H3. The molecule has 2 aliphatic rings. The van der Waals surface area contributed by atoms with Gasteiger partial charge in [-0.1, -0.05) is 6.07 Å². The SMILES string of the molecule is CCOC(=O)c1cnn(Cc2ccc(N3CC4CC4C3)nc2CCCO)c1. The van der Waals surface area contributed by atoms with Crippen LogP contribution in [0.5, 0.6) is 0 Å². The number of hydrogen-bond donors (Lipinski definition) is 1. The largest absolute Gasteiger partial charge is 0.462 e. The molecule has 2 aromatic heterocycles. The second kappa shape index (κ2) is 7.68. The number of carbonyl (C=O) groups excluding carboxylic acids is 1. The normalized spacial score (nSPS) is 20.6. The Morgan fingerprint density at radius 2 is 2.15 bits per heavy atom. The fraction of sp³-hybridized carbons (Fsp3) is 0.550. The number of aryl methyl sites for hydroxylation is 1. The molecule has 0 radical (unpaired) electrons. The zero-order valence-corrected chi connectivity index (χ0v) is 15.7. The summed E-state index contributed by atoms with van der Waals surface area (Å²) in [6.45, 7) is 5.04. The van der Waals surface area contributed by atoms with Gasteiger partial charge in [-0.15, -0.1) is 0 Å². The number of fused-ring (bicyclic) bond motifs is 1. The highest BCUT2D eigenvalue weighted by Crippen LogP contribution is 2.46. The van der Waals surface area contributed by atoms with Crippen LogP contribution in [0.2, 0.25) is 0 Å². The van der Waals surface area contributed by atoms with Gasteiger partial charge in [0.15, 0.2) is 0 Å². The van der Waals surface area contributed by atoms with E-state index in [0.717, 1.165) is 48.4 Å². The fourth-order valence-corrected chi connectivity index (χ4v) is 3.83. The van der Waals surface area contributed by atoms with E-state index in [1.807, 2.05) is 0 Å². The van der Waals surface area contributed by atoms with Crippen LogP contribution in [-0.2, 0) is 17.7 Å². The molecule has 3 heterocycles. The van der Waals surface area contributed by atoms with Crippen molar-refractivity contribution >= 4 is 11.8 Å². The van der Waals surface area contributed by atoms with Gasteiger partial charge >= 0.3 is 5.97 Å². The van der Waals surface area contributed by atoms with Gasteiger partial charge in [0, 0.05) is 31.6 Å². The summed E-state index contributed by atoms with van der Waals surface area (Å²) in [5.74, 6) is 2.40. The molecule has 1 N–H and O–H groups in total. The molecule has 27 heavy (non-hydrogen) atoms. The molecule has 2 fully saturated rings. The molecule has 1 saturated carbocycles. The van der Waals surface area contributed by atoms with Crippen LogP contribution in [0.4, 0.5) is 5.82 Å². The molecule has 2 aromatic rings. The Hall–Kier alpha value is -2.41. The number of piperidine rings is 1. The quantitative estimate of drug-likeness (QED) is 0.715. The molecule has 7 heteroatoms. The Morgan fingerprint density at radius 3 is 2.89 bits per heavy atom. The van der Waals surface area contributed by atoms with E-state index in [1.165, 1.54) is 12.6 Å². The van der Waals surface area contributed by atoms with Crippen LogP contribution in [0.1, 0.15) is 41.4 Å². The predicted octanol–water partition coefficient (Wildman–Crippen LogP) is 1.88. The van der Waals surface area contributed by atoms with Crippen LogP contribution in [0, 0.1) is 11.8 Å². The Morgan fingerprint density at radius 1 is 1.33 bits per heavy atom. The molecule has 1 aliphatic carbocycles. The molecule has 144 valence electrons. The van der Waals surface area contributed by atoms with E-state index in [0.29, 0.717) is 25.1 Å². The van der Waals surface area contributed by atoms with Gasteiger partial charge in [-0.2, -0.15) is 5.10 Å². The average molecular weight is 370 g/mol. The van der Waals surface area contributed by atoms with E-state index in [4.69, 9.17) is 9.72 Å². The van der Waals surface area contributed by atoms with Crippen molar-refractivity contribution in [2.45, 2.75) is 32.7 Å². The van der Waals surface area contributed by atoms with E-state index in [-0.39, 0.29) is 12.6 Å². The third-order valence-electron chi connectivity index (χ3n) is 5.41. The molecule has 7 nitrogen and oxygen atoms in total. The lowest BCUT2D eigenvalue weighted by molar-refractivity contribution is 0.0526. The number of pyridine rings is 1. The maximum absolute atomic E-state index is 11.8. The summed E-state index contributed by atoms with van der Waals surface area (Å²) in [6.07, 6.45) is 6.02. The van der Waals surface area contributed by atoms with Crippen LogP contribution in [-0.4, -0.2) is 52.1 Å². The van der Waals surface area contributed by atoms with Gasteiger partial charge < -0.3 is 14.7 Å². The minimum absolute atomic E-state index is 0.147. The van der Waals surface area contributed by atoms with E-state index >= 15 is 0 Å². The van der Waals surface area contributed by atoms with Gasteiger partial charge in [0.2, 0.25) is 0 Å². The van der Waals surface area contributed by atoms with Crippen molar-refractivity contribution in [3.63, 3.8) is 0 Å². The second-order valence-electron chi connectivity index (χ2n) is 7.41. The molecule has 0 spiro atoms. The average Bonchev–Trinajstić information content (AvgIpc) is 3.07. The maximum Gasteiger partial charge on any atom is 0.341 e. The highest BCUT2D eigenvalue weighted by Gasteiger charge is 2.45. The smallest absolute Gasteiger partial charge is 0.341 e. The lowest BCUT2D eigenvalue weighted by atomic mass is 10.1. The van der Waals surface area contributed by atoms with Gasteiger partial charge in [0.25, 0.3) is 0 Å². The highest BCUT2D eigenvalue weighted by atomic mass is 16.5. The lowest BCUT2D eigenvalue weighted by Crippen LogP contribution is -2.23. The van der Waals surface area contributed by atoms with E-state index in [1.54, 1.807) is 17.8 Å². The molecule has 2 unspecified atom stereocenters. The monoisotopic (exact) mass is 370 g/mol. The molecule has 2 atom stereocenters. The number of esters is 1. The van der Waals surface area contributed by atoms with Crippen LogP contribution < -0.4 is 4.90 Å². The zero-order valence-electron chi connectivity index (χ0n) is 15.7. The summed E-state index contributed by atoms with van der Waals surface area (Å²) in [7, 11) is 0. The topological polar surface area (TPSA) is 80.5 Å². The minimum atomic E-state index is -0.356. The third-order valence-corrected chi connectivity index (χ3v) is 5.41. The molecule has 4 rings (SSSR count). The summed E-state index contributed by atoms with van der Waals surface area (Å²) >= 11 is 0. The number of rotatable bonds is 8. The summed E-state index contributed by atoms with van der Waals surface area (Å²) in [6, 6.07) is 4.18. The zero-order chi connectivity index (χ0) is 18.8. The van der Waals surface area contributed by atoms with Gasteiger partial charge in [0.05, 0.1) is 24.9 Å². The van der Waals surface area contributed by atoms with Crippen molar-refractivity contribution in [3.8, 4) is 0 Å². The fourth-order valence-electron chi connectivity index (χ4n) is 3.83. The van der Waals surface area contributed by atoms with Gasteiger partial charge in [-0.25, -0.2) is 9.78 Å². The number of carbonyl (C=O) groups is 1. The Bertz CT molecular complexity index is 809. The second-order valence-corrected chi connectivity index (χ2v) is 7.41. The highest BCUT2D eigenvalue weighted by molar-refractivity contribution is 5.88. The lowest BCUT2D eigenvalue weighted by Gasteiger charge is -2.21. The van der Waals surface area contributed by atoms with Crippen molar-refractivity contribution in [2.75, 3.05) is 31.2 Å². The predicted molar refractivity (Wildman–Crippen MR) is 101 cm³/mol. The Labute approximate surface area is 159 Å². The number of nitrogens with zero attached hydrogens (tertiary/aromatic N) is 4. The van der Waals surface area contributed by atoms with Crippen LogP contribution >= 0.6 is 0 Å². The van der Waals surface area contributed by atoms with Crippen LogP contribution in [0.3, 0.4) is 0 Å². The molecule has 0 bridgehead atoms. The van der Waals surface area contributed by atoms with Gasteiger partial charge in [-0.3, -0.25) is 4.68 Å². The Kier molecular flexibility index (Phi) is 5.11. The van der Waals surface area contributed by atoms with Crippen molar-refractivity contribution in [1.82, 2.24) is 14.8 Å². The van der Waals surface area contributed by atoms with Crippen LogP contribution in [0.15, 0.2) is 24.5 Å². The van der Waals surface area contributed by atoms with Crippen molar-refractivity contribution in [3.05, 3.63) is 41.3 Å². The molecule has 1 saturated heterocycles. The first kappa shape index (κ1) is 18.0. The van der Waals surface area contributed by atoms with Gasteiger partial charge in [0.1, 0.15) is 5.82 Å². The summed E-state index contributed by atoms with van der Waals surface area (Å²) in [5, 5.41) is 13.5. The number of aliphatic hydroxyl groups excluding tert-OH is 1. The van der Waals surface area contributed by atoms with Crippen LogP contribution in [0.25, 0.3) is 0 Å². The Balaban J connectivity index is 1.51. The van der Waals surface area contributed by atoms with Gasteiger partial charge in [-0.05, 0) is 49.7 Å². The van der Waals surface area contributed by atoms with E-state index in [2.05, 4.69) is 22.1 Å². The number of hydrogen-bond acceptors (Lipinski definition) is 6. The molecule has 0 aromatic carbocycles. The van der Waals surface area contributed by atoms with Crippen molar-refractivity contribution < 1.29 is 14.6 Å². The number of aromatic nitrogens is 3. The third kappa shape index (κ3) is 3.98. The molecular weight excluding hydrogens is 344 g/mol. The first-order valence-electron chi connectivity index (χ1n) is 9.72. The van der Waals surface area contributed by atoms with E-state index in [9.17, 15) is 9.90 Å². The molecular formula is C20H26N4O3. The summed E-state index contributed by atoms with van der Waals surface area (Å²) in [5.41, 5.74) is 2.51.